The van der Waals surface area contributed by atoms with Crippen molar-refractivity contribution in [3.05, 3.63) is 71.8 Å². The van der Waals surface area contributed by atoms with Gasteiger partial charge in [0, 0.05) is 0 Å². The van der Waals surface area contributed by atoms with Crippen molar-refractivity contribution in [2.75, 3.05) is 0 Å². The van der Waals surface area contributed by atoms with E-state index in [0.717, 1.165) is 0 Å². The van der Waals surface area contributed by atoms with Crippen LogP contribution in [0, 0.1) is 0 Å². The van der Waals surface area contributed by atoms with E-state index in [2.05, 4.69) is 62.0 Å². The molecule has 0 radical (unpaired) electrons. The average molecular weight is 218 g/mol. The largest absolute Gasteiger partial charge is 0.0984 e. The number of fused-ring (bicyclic) bond motifs is 3. The van der Waals surface area contributed by atoms with E-state index < -0.39 is 0 Å². The second kappa shape index (κ2) is 3.74. The van der Waals surface area contributed by atoms with Crippen LogP contribution in [0.25, 0.3) is 22.8 Å². The van der Waals surface area contributed by atoms with Gasteiger partial charge in [-0.1, -0.05) is 61.2 Å². The minimum absolute atomic E-state index is 1.21. The number of benzene rings is 2. The predicted octanol–water partition coefficient (Wildman–Crippen LogP) is 4.76. The van der Waals surface area contributed by atoms with E-state index in [9.17, 15) is 0 Å². The lowest BCUT2D eigenvalue weighted by Crippen LogP contribution is -1.85. The quantitative estimate of drug-likeness (QED) is 0.552. The number of rotatable bonds is 1. The molecule has 0 heterocycles. The van der Waals surface area contributed by atoms with Crippen molar-refractivity contribution in [2.45, 2.75) is 6.92 Å². The predicted molar refractivity (Wildman–Crippen MR) is 74.7 cm³/mol. The van der Waals surface area contributed by atoms with E-state index in [4.69, 9.17) is 0 Å². The van der Waals surface area contributed by atoms with E-state index in [0.29, 0.717) is 0 Å². The summed E-state index contributed by atoms with van der Waals surface area (Å²) in [5.74, 6) is 0. The Morgan fingerprint density at radius 1 is 0.882 bits per heavy atom. The van der Waals surface area contributed by atoms with Gasteiger partial charge >= 0.3 is 0 Å². The Labute approximate surface area is 102 Å². The van der Waals surface area contributed by atoms with Crippen LogP contribution in [-0.4, -0.2) is 0 Å². The first-order valence-corrected chi connectivity index (χ1v) is 5.88. The maximum atomic E-state index is 3.91. The molecule has 82 valence electrons. The fourth-order valence-corrected chi connectivity index (χ4v) is 2.65. The van der Waals surface area contributed by atoms with Gasteiger partial charge in [0.15, 0.2) is 0 Å². The van der Waals surface area contributed by atoms with Crippen LogP contribution < -0.4 is 0 Å². The van der Waals surface area contributed by atoms with Crippen LogP contribution in [-0.2, 0) is 0 Å². The molecule has 0 saturated heterocycles. The first-order chi connectivity index (χ1) is 8.36. The maximum absolute atomic E-state index is 3.91. The number of hydrogen-bond donors (Lipinski definition) is 0. The highest BCUT2D eigenvalue weighted by molar-refractivity contribution is 6.03. The second-order valence-electron chi connectivity index (χ2n) is 4.22. The topological polar surface area (TPSA) is 0 Å². The molecule has 0 aromatic heterocycles. The molecule has 0 bridgehead atoms. The first kappa shape index (κ1) is 10.1. The van der Waals surface area contributed by atoms with Crippen LogP contribution in [0.3, 0.4) is 0 Å². The molecule has 0 unspecified atom stereocenters. The minimum Gasteiger partial charge on any atom is -0.0984 e. The molecule has 0 fully saturated rings. The summed E-state index contributed by atoms with van der Waals surface area (Å²) in [6.07, 6.45) is 4.13. The normalized spacial score (nSPS) is 14.5. The fraction of sp³-hybridized carbons (Fsp3) is 0.0588. The number of allylic oxidation sites excluding steroid dienone is 1. The van der Waals surface area contributed by atoms with Gasteiger partial charge in [0.2, 0.25) is 0 Å². The SMILES string of the molecule is C=Cc1cccc2c1/C(=C\C)c1ccccc1-2. The first-order valence-electron chi connectivity index (χ1n) is 5.88. The summed E-state index contributed by atoms with van der Waals surface area (Å²) in [5, 5.41) is 0. The Morgan fingerprint density at radius 2 is 1.59 bits per heavy atom. The summed E-state index contributed by atoms with van der Waals surface area (Å²) in [4.78, 5) is 0. The lowest BCUT2D eigenvalue weighted by molar-refractivity contribution is 1.60. The molecule has 0 heteroatoms. The van der Waals surface area contributed by atoms with Gasteiger partial charge in [-0.15, -0.1) is 0 Å². The van der Waals surface area contributed by atoms with Gasteiger partial charge in [0.1, 0.15) is 0 Å². The Balaban J connectivity index is 2.43. The number of hydrogen-bond acceptors (Lipinski definition) is 0. The van der Waals surface area contributed by atoms with Crippen LogP contribution in [0.5, 0.6) is 0 Å². The van der Waals surface area contributed by atoms with Gasteiger partial charge in [0.05, 0.1) is 0 Å². The summed E-state index contributed by atoms with van der Waals surface area (Å²) in [6.45, 7) is 6.01. The molecule has 2 aromatic rings. The minimum atomic E-state index is 1.21. The molecule has 0 amide bonds. The third kappa shape index (κ3) is 1.31. The lowest BCUT2D eigenvalue weighted by atomic mass is 9.98. The van der Waals surface area contributed by atoms with Crippen LogP contribution in [0.2, 0.25) is 0 Å². The van der Waals surface area contributed by atoms with E-state index in [1.807, 2.05) is 6.08 Å². The van der Waals surface area contributed by atoms with Crippen LogP contribution in [0.15, 0.2) is 55.1 Å². The zero-order valence-corrected chi connectivity index (χ0v) is 9.90. The van der Waals surface area contributed by atoms with E-state index in [1.54, 1.807) is 0 Å². The van der Waals surface area contributed by atoms with E-state index >= 15 is 0 Å². The molecular weight excluding hydrogens is 204 g/mol. The molecule has 0 saturated carbocycles. The average Bonchev–Trinajstić information content (AvgIpc) is 2.72. The van der Waals surface area contributed by atoms with Crippen molar-refractivity contribution < 1.29 is 0 Å². The Morgan fingerprint density at radius 3 is 2.29 bits per heavy atom. The third-order valence-corrected chi connectivity index (χ3v) is 3.38. The zero-order chi connectivity index (χ0) is 11.8. The standard InChI is InChI=1S/C17H14/c1-3-12-8-7-11-16-15-10-6-5-9-14(15)13(4-2)17(12)16/h3-11H,1H2,2H3/b13-4-. The summed E-state index contributed by atoms with van der Waals surface area (Å²) in [6, 6.07) is 15.0. The lowest BCUT2D eigenvalue weighted by Gasteiger charge is -2.05. The molecule has 1 aliphatic rings. The van der Waals surface area contributed by atoms with Crippen molar-refractivity contribution in [1.29, 1.82) is 0 Å². The summed E-state index contributed by atoms with van der Waals surface area (Å²) in [7, 11) is 0. The smallest absolute Gasteiger partial charge is 0.00299 e. The third-order valence-electron chi connectivity index (χ3n) is 3.38. The van der Waals surface area contributed by atoms with Gasteiger partial charge in [-0.25, -0.2) is 0 Å². The van der Waals surface area contributed by atoms with Gasteiger partial charge in [-0.05, 0) is 40.3 Å². The highest BCUT2D eigenvalue weighted by Gasteiger charge is 2.23. The Kier molecular flexibility index (Phi) is 2.22. The molecule has 0 atom stereocenters. The Bertz CT molecular complexity index is 630. The van der Waals surface area contributed by atoms with Crippen molar-refractivity contribution in [1.82, 2.24) is 0 Å². The second-order valence-corrected chi connectivity index (χ2v) is 4.22. The molecule has 0 aliphatic heterocycles. The molecular formula is C17H14. The molecule has 0 N–H and O–H groups in total. The summed E-state index contributed by atoms with van der Waals surface area (Å²) in [5.41, 5.74) is 7.86. The molecule has 0 spiro atoms. The molecule has 3 rings (SSSR count). The molecule has 17 heavy (non-hydrogen) atoms. The highest BCUT2D eigenvalue weighted by atomic mass is 14.3. The fourth-order valence-electron chi connectivity index (χ4n) is 2.65. The highest BCUT2D eigenvalue weighted by Crippen LogP contribution is 2.45. The van der Waals surface area contributed by atoms with Crippen molar-refractivity contribution in [3.63, 3.8) is 0 Å². The maximum Gasteiger partial charge on any atom is -0.00299 e. The van der Waals surface area contributed by atoms with E-state index in [-0.39, 0.29) is 0 Å². The Hall–Kier alpha value is -2.08. The van der Waals surface area contributed by atoms with Crippen LogP contribution in [0.4, 0.5) is 0 Å². The van der Waals surface area contributed by atoms with Gasteiger partial charge < -0.3 is 0 Å². The monoisotopic (exact) mass is 218 g/mol. The van der Waals surface area contributed by atoms with Gasteiger partial charge in [-0.3, -0.25) is 0 Å². The molecule has 0 nitrogen and oxygen atoms in total. The van der Waals surface area contributed by atoms with Crippen molar-refractivity contribution in [3.8, 4) is 11.1 Å². The van der Waals surface area contributed by atoms with E-state index in [1.165, 1.54) is 33.4 Å². The molecule has 1 aliphatic carbocycles. The zero-order valence-electron chi connectivity index (χ0n) is 9.90. The van der Waals surface area contributed by atoms with Crippen LogP contribution in [0.1, 0.15) is 23.6 Å². The van der Waals surface area contributed by atoms with Gasteiger partial charge in [-0.2, -0.15) is 0 Å². The van der Waals surface area contributed by atoms with Crippen LogP contribution >= 0.6 is 0 Å². The molecule has 2 aromatic carbocycles. The van der Waals surface area contributed by atoms with Crippen molar-refractivity contribution in [2.24, 2.45) is 0 Å². The van der Waals surface area contributed by atoms with Gasteiger partial charge in [0.25, 0.3) is 0 Å². The summed E-state index contributed by atoms with van der Waals surface area (Å²) < 4.78 is 0. The summed E-state index contributed by atoms with van der Waals surface area (Å²) >= 11 is 0. The van der Waals surface area contributed by atoms with Crippen molar-refractivity contribution >= 4 is 11.6 Å².